The molecule has 0 fully saturated rings. The first-order chi connectivity index (χ1) is 10.6. The number of hydrogen-bond donors (Lipinski definition) is 0. The minimum absolute atomic E-state index is 0.412. The van der Waals surface area contributed by atoms with Crippen molar-refractivity contribution in [1.29, 1.82) is 0 Å². The molecule has 0 spiro atoms. The van der Waals surface area contributed by atoms with Crippen LogP contribution in [-0.4, -0.2) is 31.3 Å². The fourth-order valence-electron chi connectivity index (χ4n) is 2.80. The standard InChI is InChI=1S/C16H20N2O2S2/c1-18(10-8-16-17-9-11-21-16)22(19,20)15-7-6-13-4-2-3-5-14(13)12-15/h6-7,9,11-12H,2-5,8,10H2,1H3. The van der Waals surface area contributed by atoms with Crippen LogP contribution in [0.3, 0.4) is 0 Å². The molecule has 1 aliphatic rings. The van der Waals surface area contributed by atoms with Gasteiger partial charge in [-0.1, -0.05) is 6.07 Å². The van der Waals surface area contributed by atoms with Gasteiger partial charge in [-0.05, 0) is 48.9 Å². The maximum Gasteiger partial charge on any atom is 0.242 e. The van der Waals surface area contributed by atoms with Gasteiger partial charge in [0.05, 0.1) is 9.90 Å². The molecule has 118 valence electrons. The highest BCUT2D eigenvalue weighted by atomic mass is 32.2. The van der Waals surface area contributed by atoms with Crippen LogP contribution in [0.15, 0.2) is 34.7 Å². The largest absolute Gasteiger partial charge is 0.250 e. The van der Waals surface area contributed by atoms with Crippen molar-refractivity contribution in [3.05, 3.63) is 45.9 Å². The predicted octanol–water partition coefficient (Wildman–Crippen LogP) is 2.89. The first kappa shape index (κ1) is 15.6. The van der Waals surface area contributed by atoms with Crippen molar-refractivity contribution < 1.29 is 8.42 Å². The number of rotatable bonds is 5. The Balaban J connectivity index is 1.76. The minimum Gasteiger partial charge on any atom is -0.250 e. The summed E-state index contributed by atoms with van der Waals surface area (Å²) in [7, 11) is -1.77. The Kier molecular flexibility index (Phi) is 4.61. The molecule has 22 heavy (non-hydrogen) atoms. The fourth-order valence-corrected chi connectivity index (χ4v) is 4.63. The summed E-state index contributed by atoms with van der Waals surface area (Å²) in [6.45, 7) is 0.451. The van der Waals surface area contributed by atoms with Crippen molar-refractivity contribution in [2.24, 2.45) is 0 Å². The lowest BCUT2D eigenvalue weighted by Crippen LogP contribution is -2.29. The Morgan fingerprint density at radius 2 is 2.00 bits per heavy atom. The molecule has 1 aliphatic carbocycles. The molecule has 0 bridgehead atoms. The molecule has 0 unspecified atom stereocenters. The number of fused-ring (bicyclic) bond motifs is 1. The fraction of sp³-hybridized carbons (Fsp3) is 0.438. The summed E-state index contributed by atoms with van der Waals surface area (Å²) in [6.07, 6.45) is 6.80. The summed E-state index contributed by atoms with van der Waals surface area (Å²) in [6, 6.07) is 5.60. The van der Waals surface area contributed by atoms with Gasteiger partial charge in [-0.15, -0.1) is 11.3 Å². The van der Waals surface area contributed by atoms with E-state index >= 15 is 0 Å². The summed E-state index contributed by atoms with van der Waals surface area (Å²) in [4.78, 5) is 4.61. The Bertz CT molecular complexity index is 740. The number of hydrogen-bond acceptors (Lipinski definition) is 4. The third-order valence-corrected chi connectivity index (χ3v) is 6.84. The van der Waals surface area contributed by atoms with Crippen LogP contribution in [0.1, 0.15) is 29.0 Å². The predicted molar refractivity (Wildman–Crippen MR) is 88.7 cm³/mol. The molecule has 0 N–H and O–H groups in total. The average Bonchev–Trinajstić information content (AvgIpc) is 3.05. The number of likely N-dealkylation sites (N-methyl/N-ethyl adjacent to an activating group) is 1. The molecule has 2 aromatic rings. The van der Waals surface area contributed by atoms with E-state index < -0.39 is 10.0 Å². The molecule has 0 amide bonds. The molecule has 1 aromatic heterocycles. The topological polar surface area (TPSA) is 50.3 Å². The zero-order valence-corrected chi connectivity index (χ0v) is 14.3. The first-order valence-corrected chi connectivity index (χ1v) is 9.86. The second kappa shape index (κ2) is 6.48. The zero-order valence-electron chi connectivity index (χ0n) is 12.7. The van der Waals surface area contributed by atoms with Gasteiger partial charge in [-0.2, -0.15) is 0 Å². The Morgan fingerprint density at radius 1 is 1.23 bits per heavy atom. The number of aryl methyl sites for hydroxylation is 2. The van der Waals surface area contributed by atoms with Gasteiger partial charge in [0, 0.05) is 31.6 Å². The molecule has 1 heterocycles. The van der Waals surface area contributed by atoms with Crippen molar-refractivity contribution in [3.8, 4) is 0 Å². The van der Waals surface area contributed by atoms with E-state index in [2.05, 4.69) is 4.98 Å². The van der Waals surface area contributed by atoms with E-state index in [-0.39, 0.29) is 0 Å². The molecule has 0 radical (unpaired) electrons. The van der Waals surface area contributed by atoms with Crippen LogP contribution in [0.2, 0.25) is 0 Å². The van der Waals surface area contributed by atoms with Crippen molar-refractivity contribution in [2.45, 2.75) is 37.0 Å². The number of nitrogens with zero attached hydrogens (tertiary/aromatic N) is 2. The van der Waals surface area contributed by atoms with E-state index in [1.54, 1.807) is 30.6 Å². The quantitative estimate of drug-likeness (QED) is 0.843. The zero-order chi connectivity index (χ0) is 15.6. The molecular formula is C16H20N2O2S2. The maximum atomic E-state index is 12.7. The van der Waals surface area contributed by atoms with Crippen molar-refractivity contribution in [2.75, 3.05) is 13.6 Å². The van der Waals surface area contributed by atoms with Crippen LogP contribution in [0, 0.1) is 0 Å². The van der Waals surface area contributed by atoms with E-state index in [9.17, 15) is 8.42 Å². The molecule has 0 atom stereocenters. The third-order valence-electron chi connectivity index (χ3n) is 4.15. The van der Waals surface area contributed by atoms with Gasteiger partial charge in [0.1, 0.15) is 0 Å². The molecule has 1 aromatic carbocycles. The number of thiazole rings is 1. The van der Waals surface area contributed by atoms with Gasteiger partial charge < -0.3 is 0 Å². The maximum absolute atomic E-state index is 12.7. The Morgan fingerprint density at radius 3 is 2.73 bits per heavy atom. The van der Waals surface area contributed by atoms with Gasteiger partial charge in [0.25, 0.3) is 0 Å². The van der Waals surface area contributed by atoms with E-state index in [4.69, 9.17) is 0 Å². The third kappa shape index (κ3) is 3.24. The number of sulfonamides is 1. The smallest absolute Gasteiger partial charge is 0.242 e. The average molecular weight is 336 g/mol. The second-order valence-corrected chi connectivity index (χ2v) is 8.66. The van der Waals surface area contributed by atoms with Gasteiger partial charge in [0.2, 0.25) is 10.0 Å². The summed E-state index contributed by atoms with van der Waals surface area (Å²) >= 11 is 1.56. The Labute approximate surface area is 135 Å². The van der Waals surface area contributed by atoms with Crippen molar-refractivity contribution in [1.82, 2.24) is 9.29 Å². The summed E-state index contributed by atoms with van der Waals surface area (Å²) in [5, 5.41) is 2.88. The van der Waals surface area contributed by atoms with Crippen molar-refractivity contribution >= 4 is 21.4 Å². The monoisotopic (exact) mass is 336 g/mol. The molecule has 0 saturated heterocycles. The normalized spacial score (nSPS) is 15.0. The highest BCUT2D eigenvalue weighted by Crippen LogP contribution is 2.25. The van der Waals surface area contributed by atoms with Crippen LogP contribution < -0.4 is 0 Å². The lowest BCUT2D eigenvalue weighted by molar-refractivity contribution is 0.472. The molecule has 0 aliphatic heterocycles. The lowest BCUT2D eigenvalue weighted by Gasteiger charge is -2.20. The van der Waals surface area contributed by atoms with Crippen LogP contribution in [-0.2, 0) is 29.3 Å². The second-order valence-electron chi connectivity index (χ2n) is 5.64. The number of benzene rings is 1. The highest BCUT2D eigenvalue weighted by Gasteiger charge is 2.22. The first-order valence-electron chi connectivity index (χ1n) is 7.54. The van der Waals surface area contributed by atoms with Gasteiger partial charge >= 0.3 is 0 Å². The summed E-state index contributed by atoms with van der Waals surface area (Å²) in [5.41, 5.74) is 2.50. The number of aromatic nitrogens is 1. The molecular weight excluding hydrogens is 316 g/mol. The van der Waals surface area contributed by atoms with Crippen molar-refractivity contribution in [3.63, 3.8) is 0 Å². The van der Waals surface area contributed by atoms with Crippen LogP contribution >= 0.6 is 11.3 Å². The Hall–Kier alpha value is -1.24. The minimum atomic E-state index is -3.42. The highest BCUT2D eigenvalue weighted by molar-refractivity contribution is 7.89. The van der Waals surface area contributed by atoms with Gasteiger partial charge in [-0.3, -0.25) is 0 Å². The van der Waals surface area contributed by atoms with E-state index in [0.717, 1.165) is 24.3 Å². The van der Waals surface area contributed by atoms with E-state index in [0.29, 0.717) is 17.9 Å². The lowest BCUT2D eigenvalue weighted by atomic mass is 9.92. The van der Waals surface area contributed by atoms with Crippen LogP contribution in [0.4, 0.5) is 0 Å². The van der Waals surface area contributed by atoms with Crippen LogP contribution in [0.5, 0.6) is 0 Å². The molecule has 6 heteroatoms. The van der Waals surface area contributed by atoms with Gasteiger partial charge in [-0.25, -0.2) is 17.7 Å². The van der Waals surface area contributed by atoms with E-state index in [1.165, 1.54) is 21.9 Å². The summed E-state index contributed by atoms with van der Waals surface area (Å²) < 4.78 is 26.8. The van der Waals surface area contributed by atoms with Crippen LogP contribution in [0.25, 0.3) is 0 Å². The molecule has 4 nitrogen and oxygen atoms in total. The van der Waals surface area contributed by atoms with Gasteiger partial charge in [0.15, 0.2) is 0 Å². The molecule has 0 saturated carbocycles. The molecule has 3 rings (SSSR count). The van der Waals surface area contributed by atoms with E-state index in [1.807, 2.05) is 17.5 Å². The summed E-state index contributed by atoms with van der Waals surface area (Å²) in [5.74, 6) is 0. The SMILES string of the molecule is CN(CCc1nccs1)S(=O)(=O)c1ccc2c(c1)CCCC2.